The molecule has 0 aliphatic heterocycles. The summed E-state index contributed by atoms with van der Waals surface area (Å²) in [6, 6.07) is 0. The molecule has 0 N–H and O–H groups in total. The molecular weight excluding hydrogens is 239 g/mol. The summed E-state index contributed by atoms with van der Waals surface area (Å²) < 4.78 is 13.0. The SMILES string of the molecule is CC(C)[C@@H]1CC[C@@H](C)C[C@@]1(C)[P+](=O)C1=CCC=C1. The lowest BCUT2D eigenvalue weighted by Gasteiger charge is -2.39. The molecule has 0 amide bonds. The van der Waals surface area contributed by atoms with Gasteiger partial charge in [0.2, 0.25) is 0 Å². The molecule has 0 aromatic heterocycles. The van der Waals surface area contributed by atoms with Crippen LogP contribution in [0.15, 0.2) is 23.5 Å². The van der Waals surface area contributed by atoms with E-state index in [-0.39, 0.29) is 5.16 Å². The molecule has 0 spiro atoms. The highest BCUT2D eigenvalue weighted by Gasteiger charge is 2.55. The maximum absolute atomic E-state index is 13.0. The van der Waals surface area contributed by atoms with E-state index in [0.717, 1.165) is 24.1 Å². The lowest BCUT2D eigenvalue weighted by Crippen LogP contribution is -2.40. The first-order valence-electron chi connectivity index (χ1n) is 7.29. The Morgan fingerprint density at radius 1 is 1.39 bits per heavy atom. The highest BCUT2D eigenvalue weighted by molar-refractivity contribution is 7.51. The summed E-state index contributed by atoms with van der Waals surface area (Å²) in [7, 11) is -1.26. The van der Waals surface area contributed by atoms with Crippen LogP contribution in [0.3, 0.4) is 0 Å². The molecule has 1 saturated carbocycles. The normalized spacial score (nSPS) is 36.9. The van der Waals surface area contributed by atoms with Crippen LogP contribution in [0.25, 0.3) is 0 Å². The third kappa shape index (κ3) is 2.48. The zero-order chi connectivity index (χ0) is 13.3. The Kier molecular flexibility index (Phi) is 4.11. The summed E-state index contributed by atoms with van der Waals surface area (Å²) in [5, 5.41) is 1.11. The summed E-state index contributed by atoms with van der Waals surface area (Å²) in [6.45, 7) is 9.18. The van der Waals surface area contributed by atoms with Gasteiger partial charge in [-0.3, -0.25) is 0 Å². The molecule has 1 nitrogen and oxygen atoms in total. The standard InChI is InChI=1S/C16H26OP/c1-12(2)15-10-9-13(3)11-16(15,4)18(17)14-7-5-6-8-14/h5,7-8,12-13,15H,6,9-11H2,1-4H3/q+1/t13-,15+,16-/m1/s1. The van der Waals surface area contributed by atoms with E-state index in [1.54, 1.807) is 0 Å². The first-order valence-corrected chi connectivity index (χ1v) is 8.55. The van der Waals surface area contributed by atoms with Gasteiger partial charge in [0.1, 0.15) is 0 Å². The molecule has 18 heavy (non-hydrogen) atoms. The maximum atomic E-state index is 13.0. The molecule has 1 unspecified atom stereocenters. The molecule has 2 rings (SSSR count). The van der Waals surface area contributed by atoms with E-state index in [1.165, 1.54) is 12.8 Å². The minimum atomic E-state index is -1.26. The first kappa shape index (κ1) is 14.0. The zero-order valence-electron chi connectivity index (χ0n) is 12.1. The fraction of sp³-hybridized carbons (Fsp3) is 0.750. The van der Waals surface area contributed by atoms with Crippen LogP contribution in [0.5, 0.6) is 0 Å². The average Bonchev–Trinajstić information content (AvgIpc) is 2.80. The van der Waals surface area contributed by atoms with Gasteiger partial charge >= 0.3 is 7.80 Å². The van der Waals surface area contributed by atoms with Crippen LogP contribution in [0.4, 0.5) is 0 Å². The highest BCUT2D eigenvalue weighted by atomic mass is 31.1. The second kappa shape index (κ2) is 5.29. The van der Waals surface area contributed by atoms with Crippen LogP contribution in [0, 0.1) is 17.8 Å². The Morgan fingerprint density at radius 2 is 2.11 bits per heavy atom. The van der Waals surface area contributed by atoms with E-state index in [2.05, 4.69) is 45.9 Å². The molecule has 0 radical (unpaired) electrons. The lowest BCUT2D eigenvalue weighted by atomic mass is 9.70. The van der Waals surface area contributed by atoms with Crippen molar-refractivity contribution in [3.8, 4) is 0 Å². The summed E-state index contributed by atoms with van der Waals surface area (Å²) in [4.78, 5) is 0. The molecular formula is C16H26OP+. The van der Waals surface area contributed by atoms with E-state index in [9.17, 15) is 4.57 Å². The van der Waals surface area contributed by atoms with Crippen LogP contribution in [0.1, 0.15) is 53.4 Å². The van der Waals surface area contributed by atoms with Gasteiger partial charge < -0.3 is 0 Å². The average molecular weight is 265 g/mol. The molecule has 2 heteroatoms. The van der Waals surface area contributed by atoms with Crippen molar-refractivity contribution in [3.63, 3.8) is 0 Å². The van der Waals surface area contributed by atoms with Crippen molar-refractivity contribution in [2.24, 2.45) is 17.8 Å². The van der Waals surface area contributed by atoms with Gasteiger partial charge in [-0.1, -0.05) is 37.8 Å². The van der Waals surface area contributed by atoms with Gasteiger partial charge in [0.05, 0.1) is 0 Å². The molecule has 100 valence electrons. The van der Waals surface area contributed by atoms with Gasteiger partial charge in [-0.2, -0.15) is 0 Å². The number of hydrogen-bond acceptors (Lipinski definition) is 1. The van der Waals surface area contributed by atoms with Gasteiger partial charge in [0, 0.05) is 5.92 Å². The minimum Gasteiger partial charge on any atom is -0.0761 e. The monoisotopic (exact) mass is 265 g/mol. The van der Waals surface area contributed by atoms with E-state index in [4.69, 9.17) is 0 Å². The summed E-state index contributed by atoms with van der Waals surface area (Å²) in [5.41, 5.74) is 0. The summed E-state index contributed by atoms with van der Waals surface area (Å²) >= 11 is 0. The van der Waals surface area contributed by atoms with Crippen molar-refractivity contribution in [1.82, 2.24) is 0 Å². The topological polar surface area (TPSA) is 17.1 Å². The Labute approximate surface area is 113 Å². The van der Waals surface area contributed by atoms with Crippen molar-refractivity contribution < 1.29 is 4.57 Å². The second-order valence-corrected chi connectivity index (χ2v) is 8.78. The fourth-order valence-corrected chi connectivity index (χ4v) is 6.22. The Balaban J connectivity index is 2.28. The smallest absolute Gasteiger partial charge is 0.0761 e. The predicted molar refractivity (Wildman–Crippen MR) is 79.2 cm³/mol. The van der Waals surface area contributed by atoms with Crippen molar-refractivity contribution in [2.75, 3.05) is 0 Å². The van der Waals surface area contributed by atoms with E-state index in [0.29, 0.717) is 11.8 Å². The quantitative estimate of drug-likeness (QED) is 0.615. The molecule has 4 atom stereocenters. The molecule has 0 aromatic rings. The van der Waals surface area contributed by atoms with Crippen molar-refractivity contribution in [3.05, 3.63) is 23.5 Å². The molecule has 2 aliphatic carbocycles. The number of allylic oxidation sites excluding steroid dienone is 4. The van der Waals surface area contributed by atoms with Crippen molar-refractivity contribution in [1.29, 1.82) is 0 Å². The lowest BCUT2D eigenvalue weighted by molar-refractivity contribution is 0.178. The Morgan fingerprint density at radius 3 is 2.67 bits per heavy atom. The number of rotatable bonds is 3. The van der Waals surface area contributed by atoms with Gasteiger partial charge in [-0.15, -0.1) is 0 Å². The van der Waals surface area contributed by atoms with Crippen molar-refractivity contribution in [2.45, 2.75) is 58.5 Å². The van der Waals surface area contributed by atoms with E-state index < -0.39 is 7.80 Å². The number of hydrogen-bond donors (Lipinski definition) is 0. The second-order valence-electron chi connectivity index (χ2n) is 6.66. The van der Waals surface area contributed by atoms with E-state index >= 15 is 0 Å². The Bertz CT molecular complexity index is 394. The minimum absolute atomic E-state index is 0.00167. The molecule has 0 bridgehead atoms. The van der Waals surface area contributed by atoms with Gasteiger partial charge in [-0.25, -0.2) is 0 Å². The van der Waals surface area contributed by atoms with Gasteiger partial charge in [0.25, 0.3) is 0 Å². The van der Waals surface area contributed by atoms with Gasteiger partial charge in [-0.05, 0) is 50.2 Å². The predicted octanol–water partition coefficient (Wildman–Crippen LogP) is 5.51. The van der Waals surface area contributed by atoms with Crippen LogP contribution < -0.4 is 0 Å². The van der Waals surface area contributed by atoms with Crippen molar-refractivity contribution >= 4 is 7.80 Å². The third-order valence-corrected chi connectivity index (χ3v) is 7.03. The van der Waals surface area contributed by atoms with Gasteiger partial charge in [0.15, 0.2) is 10.5 Å². The van der Waals surface area contributed by atoms with Crippen LogP contribution in [-0.4, -0.2) is 5.16 Å². The summed E-state index contributed by atoms with van der Waals surface area (Å²) in [6.07, 6.45) is 11.0. The van der Waals surface area contributed by atoms with Crippen LogP contribution >= 0.6 is 7.80 Å². The summed E-state index contributed by atoms with van der Waals surface area (Å²) in [5.74, 6) is 1.95. The maximum Gasteiger partial charge on any atom is 0.382 e. The molecule has 0 heterocycles. The molecule has 1 fully saturated rings. The first-order chi connectivity index (χ1) is 8.45. The Hall–Kier alpha value is -0.420. The molecule has 0 aromatic carbocycles. The fourth-order valence-electron chi connectivity index (χ4n) is 3.91. The largest absolute Gasteiger partial charge is 0.382 e. The third-order valence-electron chi connectivity index (χ3n) is 4.79. The zero-order valence-corrected chi connectivity index (χ0v) is 13.0. The van der Waals surface area contributed by atoms with Crippen LogP contribution in [-0.2, 0) is 4.57 Å². The van der Waals surface area contributed by atoms with E-state index in [1.807, 2.05) is 0 Å². The molecule has 2 aliphatic rings. The molecule has 0 saturated heterocycles. The van der Waals surface area contributed by atoms with Crippen LogP contribution in [0.2, 0.25) is 0 Å². The highest BCUT2D eigenvalue weighted by Crippen LogP contribution is 2.59.